The van der Waals surface area contributed by atoms with E-state index < -0.39 is 11.9 Å². The number of allylic oxidation sites excluding steroid dienone is 2. The van der Waals surface area contributed by atoms with Crippen molar-refractivity contribution in [1.82, 2.24) is 5.43 Å². The van der Waals surface area contributed by atoms with Gasteiger partial charge in [0.05, 0.1) is 0 Å². The number of hydrazine groups is 1. The van der Waals surface area contributed by atoms with Gasteiger partial charge in [0.25, 0.3) is 0 Å². The summed E-state index contributed by atoms with van der Waals surface area (Å²) in [6, 6.07) is 0. The van der Waals surface area contributed by atoms with Crippen LogP contribution >= 0.6 is 0 Å². The van der Waals surface area contributed by atoms with E-state index in [1.54, 1.807) is 0 Å². The molecule has 9 heavy (non-hydrogen) atoms. The van der Waals surface area contributed by atoms with Crippen molar-refractivity contribution in [3.05, 3.63) is 11.8 Å². The molecule has 0 rings (SSSR count). The second kappa shape index (κ2) is 2.72. The molecule has 5 heteroatoms. The molecule has 0 amide bonds. The van der Waals surface area contributed by atoms with E-state index in [1.165, 1.54) is 12.3 Å². The normalized spacial score (nSPS) is 13.7. The van der Waals surface area contributed by atoms with Crippen LogP contribution in [0.3, 0.4) is 0 Å². The molecule has 0 bridgehead atoms. The first-order valence-corrected chi connectivity index (χ1v) is 2.22. The third-order valence-corrected chi connectivity index (χ3v) is 0.750. The number of alkyl halides is 3. The molecular weight excluding hydrogens is 133 g/mol. The molecule has 0 atom stereocenters. The lowest BCUT2D eigenvalue weighted by molar-refractivity contribution is -0.0968. The topological polar surface area (TPSA) is 38.0 Å². The second-order valence-corrected chi connectivity index (χ2v) is 1.34. The highest BCUT2D eigenvalue weighted by Gasteiger charge is 2.32. The fourth-order valence-corrected chi connectivity index (χ4v) is 0.329. The van der Waals surface area contributed by atoms with Crippen LogP contribution in [0.25, 0.3) is 0 Å². The summed E-state index contributed by atoms with van der Waals surface area (Å²) in [4.78, 5) is 0. The van der Waals surface area contributed by atoms with Crippen LogP contribution in [-0.2, 0) is 0 Å². The smallest absolute Gasteiger partial charge is 0.320 e. The zero-order chi connectivity index (χ0) is 7.49. The van der Waals surface area contributed by atoms with Gasteiger partial charge in [-0.3, -0.25) is 5.84 Å². The van der Waals surface area contributed by atoms with Crippen LogP contribution in [0.1, 0.15) is 6.92 Å². The van der Waals surface area contributed by atoms with Crippen molar-refractivity contribution in [2.24, 2.45) is 5.84 Å². The van der Waals surface area contributed by atoms with Gasteiger partial charge in [-0.05, 0) is 6.92 Å². The largest absolute Gasteiger partial charge is 0.431 e. The molecule has 0 aliphatic carbocycles. The highest BCUT2D eigenvalue weighted by atomic mass is 19.4. The lowest BCUT2D eigenvalue weighted by Gasteiger charge is -2.08. The molecule has 0 saturated heterocycles. The van der Waals surface area contributed by atoms with E-state index in [-0.39, 0.29) is 0 Å². The van der Waals surface area contributed by atoms with Crippen LogP contribution < -0.4 is 11.3 Å². The summed E-state index contributed by atoms with van der Waals surface area (Å²) in [6.45, 7) is 1.25. The second-order valence-electron chi connectivity index (χ2n) is 1.34. The van der Waals surface area contributed by atoms with Gasteiger partial charge in [0.2, 0.25) is 0 Å². The van der Waals surface area contributed by atoms with Gasteiger partial charge in [-0.1, -0.05) is 6.08 Å². The molecule has 3 N–H and O–H groups in total. The molecule has 0 aromatic rings. The summed E-state index contributed by atoms with van der Waals surface area (Å²) in [5.41, 5.74) is 0.600. The Morgan fingerprint density at radius 1 is 1.56 bits per heavy atom. The Hall–Kier alpha value is -0.710. The van der Waals surface area contributed by atoms with Gasteiger partial charge < -0.3 is 5.43 Å². The van der Waals surface area contributed by atoms with Gasteiger partial charge in [0.15, 0.2) is 0 Å². The first kappa shape index (κ1) is 8.29. The van der Waals surface area contributed by atoms with Crippen LogP contribution in [0.15, 0.2) is 11.8 Å². The van der Waals surface area contributed by atoms with Gasteiger partial charge in [0.1, 0.15) is 5.70 Å². The minimum absolute atomic E-state index is 0.861. The maximum absolute atomic E-state index is 11.5. The average molecular weight is 140 g/mol. The van der Waals surface area contributed by atoms with E-state index in [0.717, 1.165) is 6.08 Å². The zero-order valence-electron chi connectivity index (χ0n) is 4.79. The Bertz CT molecular complexity index is 115. The van der Waals surface area contributed by atoms with E-state index >= 15 is 0 Å². The van der Waals surface area contributed by atoms with Crippen LogP contribution in [0.4, 0.5) is 13.2 Å². The van der Waals surface area contributed by atoms with Crippen molar-refractivity contribution in [2.75, 3.05) is 0 Å². The SMILES string of the molecule is C/C=C(\NN)C(F)(F)F. The number of nitrogens with one attached hydrogen (secondary N) is 1. The summed E-state index contributed by atoms with van der Waals surface area (Å²) in [7, 11) is 0. The molecule has 0 spiro atoms. The first-order valence-electron chi connectivity index (χ1n) is 2.22. The van der Waals surface area contributed by atoms with E-state index in [4.69, 9.17) is 0 Å². The maximum Gasteiger partial charge on any atom is 0.431 e. The zero-order valence-corrected chi connectivity index (χ0v) is 4.79. The molecule has 2 nitrogen and oxygen atoms in total. The lowest BCUT2D eigenvalue weighted by atomic mass is 10.4. The van der Waals surface area contributed by atoms with Crippen LogP contribution in [0.2, 0.25) is 0 Å². The average Bonchev–Trinajstić information content (AvgIpc) is 1.65. The summed E-state index contributed by atoms with van der Waals surface area (Å²) in [6.07, 6.45) is -3.50. The molecule has 0 aromatic carbocycles. The standard InChI is InChI=1S/C4H7F3N2/c1-2-3(9-8)4(5,6)7/h2,9H,8H2,1H3/b3-2-. The van der Waals surface area contributed by atoms with Crippen molar-refractivity contribution >= 4 is 0 Å². The minimum Gasteiger partial charge on any atom is -0.320 e. The molecule has 0 radical (unpaired) electrons. The quantitative estimate of drug-likeness (QED) is 0.419. The molecule has 0 saturated carbocycles. The fraction of sp³-hybridized carbons (Fsp3) is 0.500. The van der Waals surface area contributed by atoms with Crippen molar-refractivity contribution in [3.8, 4) is 0 Å². The molecule has 0 aliphatic heterocycles. The lowest BCUT2D eigenvalue weighted by Crippen LogP contribution is -2.31. The number of nitrogens with two attached hydrogens (primary N) is 1. The fourth-order valence-electron chi connectivity index (χ4n) is 0.329. The number of halogens is 3. The Balaban J connectivity index is 4.14. The third-order valence-electron chi connectivity index (χ3n) is 0.750. The molecular formula is C4H7F3N2. The Labute approximate surface area is 50.5 Å². The number of rotatable bonds is 1. The molecule has 0 unspecified atom stereocenters. The third kappa shape index (κ3) is 2.36. The Morgan fingerprint density at radius 3 is 2.00 bits per heavy atom. The van der Waals surface area contributed by atoms with E-state index in [1.807, 2.05) is 0 Å². The van der Waals surface area contributed by atoms with Gasteiger partial charge in [-0.25, -0.2) is 0 Å². The minimum atomic E-state index is -4.36. The van der Waals surface area contributed by atoms with Crippen molar-refractivity contribution in [3.63, 3.8) is 0 Å². The van der Waals surface area contributed by atoms with E-state index in [9.17, 15) is 13.2 Å². The van der Waals surface area contributed by atoms with Gasteiger partial charge in [0, 0.05) is 0 Å². The van der Waals surface area contributed by atoms with Crippen LogP contribution in [0, 0.1) is 0 Å². The summed E-state index contributed by atoms with van der Waals surface area (Å²) < 4.78 is 34.5. The summed E-state index contributed by atoms with van der Waals surface area (Å²) in [5, 5.41) is 0. The van der Waals surface area contributed by atoms with Crippen molar-refractivity contribution < 1.29 is 13.2 Å². The van der Waals surface area contributed by atoms with E-state index in [0.29, 0.717) is 0 Å². The van der Waals surface area contributed by atoms with Crippen LogP contribution in [0.5, 0.6) is 0 Å². The maximum atomic E-state index is 11.5. The Morgan fingerprint density at radius 2 is 2.00 bits per heavy atom. The highest BCUT2D eigenvalue weighted by Crippen LogP contribution is 2.21. The molecule has 0 fully saturated rings. The molecule has 0 aromatic heterocycles. The van der Waals surface area contributed by atoms with Crippen molar-refractivity contribution in [1.29, 1.82) is 0 Å². The van der Waals surface area contributed by atoms with Gasteiger partial charge >= 0.3 is 6.18 Å². The van der Waals surface area contributed by atoms with Crippen LogP contribution in [-0.4, -0.2) is 6.18 Å². The highest BCUT2D eigenvalue weighted by molar-refractivity contribution is 5.02. The van der Waals surface area contributed by atoms with Gasteiger partial charge in [-0.15, -0.1) is 0 Å². The van der Waals surface area contributed by atoms with Gasteiger partial charge in [-0.2, -0.15) is 13.2 Å². The van der Waals surface area contributed by atoms with Crippen molar-refractivity contribution in [2.45, 2.75) is 13.1 Å². The molecule has 54 valence electrons. The number of hydrogen-bond donors (Lipinski definition) is 2. The Kier molecular flexibility index (Phi) is 2.51. The first-order chi connectivity index (χ1) is 4.02. The number of hydrogen-bond acceptors (Lipinski definition) is 2. The van der Waals surface area contributed by atoms with E-state index in [2.05, 4.69) is 5.84 Å². The predicted octanol–water partition coefficient (Wildman–Crippen LogP) is 0.916. The monoisotopic (exact) mass is 140 g/mol. The summed E-state index contributed by atoms with van der Waals surface area (Å²) >= 11 is 0. The molecule has 0 heterocycles. The predicted molar refractivity (Wildman–Crippen MR) is 27.1 cm³/mol. The summed E-state index contributed by atoms with van der Waals surface area (Å²) in [5.74, 6) is 4.53. The molecule has 0 aliphatic rings.